The summed E-state index contributed by atoms with van der Waals surface area (Å²) in [5, 5.41) is 3.92. The van der Waals surface area contributed by atoms with E-state index in [0.717, 1.165) is 0 Å². The normalized spacial score (nSPS) is 10.1. The summed E-state index contributed by atoms with van der Waals surface area (Å²) in [4.78, 5) is 11.5. The van der Waals surface area contributed by atoms with Crippen LogP contribution in [-0.4, -0.2) is 9.78 Å². The van der Waals surface area contributed by atoms with Gasteiger partial charge >= 0.3 is 0 Å². The van der Waals surface area contributed by atoms with E-state index in [9.17, 15) is 4.79 Å². The standard InChI is InChI=1S/C10H6ClN2O/c11-9-6-7-12-13(10(9)14)8-4-2-1-3-5-8/h1-5,7H. The van der Waals surface area contributed by atoms with Crippen molar-refractivity contribution >= 4 is 11.6 Å². The predicted octanol–water partition coefficient (Wildman–Crippen LogP) is 1.69. The van der Waals surface area contributed by atoms with Crippen LogP contribution in [0.3, 0.4) is 0 Å². The maximum atomic E-state index is 11.5. The van der Waals surface area contributed by atoms with Crippen molar-refractivity contribution in [3.63, 3.8) is 0 Å². The third kappa shape index (κ3) is 1.54. The van der Waals surface area contributed by atoms with Crippen LogP contribution in [0.5, 0.6) is 0 Å². The Balaban J connectivity index is 2.64. The molecule has 2 aromatic rings. The van der Waals surface area contributed by atoms with Gasteiger partial charge in [0, 0.05) is 6.07 Å². The molecule has 0 saturated carbocycles. The van der Waals surface area contributed by atoms with Crippen LogP contribution in [0.2, 0.25) is 5.02 Å². The molecule has 0 aliphatic heterocycles. The summed E-state index contributed by atoms with van der Waals surface area (Å²) in [5.74, 6) is 0. The molecule has 0 saturated heterocycles. The summed E-state index contributed by atoms with van der Waals surface area (Å²) in [6, 6.07) is 11.6. The van der Waals surface area contributed by atoms with Crippen molar-refractivity contribution in [1.29, 1.82) is 0 Å². The molecule has 1 aromatic heterocycles. The van der Waals surface area contributed by atoms with E-state index in [1.807, 2.05) is 18.2 Å². The maximum Gasteiger partial charge on any atom is 0.290 e. The average Bonchev–Trinajstić information content (AvgIpc) is 2.23. The van der Waals surface area contributed by atoms with Crippen LogP contribution in [-0.2, 0) is 0 Å². The molecule has 1 aromatic carbocycles. The molecule has 0 fully saturated rings. The van der Waals surface area contributed by atoms with E-state index < -0.39 is 0 Å². The molecule has 14 heavy (non-hydrogen) atoms. The van der Waals surface area contributed by atoms with Gasteiger partial charge in [-0.15, -0.1) is 0 Å². The van der Waals surface area contributed by atoms with Crippen molar-refractivity contribution < 1.29 is 0 Å². The molecule has 0 N–H and O–H groups in total. The SMILES string of the molecule is O=c1c(Cl)[c]cnn1-c1ccccc1. The zero-order valence-electron chi connectivity index (χ0n) is 7.14. The highest BCUT2D eigenvalue weighted by Crippen LogP contribution is 2.03. The molecule has 0 spiro atoms. The highest BCUT2D eigenvalue weighted by Gasteiger charge is 2.02. The molecule has 2 rings (SSSR count). The van der Waals surface area contributed by atoms with Crippen LogP contribution in [0.25, 0.3) is 5.69 Å². The Hall–Kier alpha value is -1.61. The Labute approximate surface area is 85.6 Å². The smallest absolute Gasteiger partial charge is 0.266 e. The molecule has 0 bridgehead atoms. The van der Waals surface area contributed by atoms with Crippen LogP contribution < -0.4 is 5.56 Å². The highest BCUT2D eigenvalue weighted by molar-refractivity contribution is 6.30. The van der Waals surface area contributed by atoms with E-state index in [-0.39, 0.29) is 10.6 Å². The number of hydrogen-bond donors (Lipinski definition) is 0. The fourth-order valence-corrected chi connectivity index (χ4v) is 1.23. The van der Waals surface area contributed by atoms with E-state index in [2.05, 4.69) is 11.2 Å². The lowest BCUT2D eigenvalue weighted by atomic mass is 10.3. The third-order valence-electron chi connectivity index (χ3n) is 1.75. The minimum absolute atomic E-state index is 0.0452. The molecule has 69 valence electrons. The van der Waals surface area contributed by atoms with Gasteiger partial charge in [0.2, 0.25) is 0 Å². The molecular weight excluding hydrogens is 200 g/mol. The van der Waals surface area contributed by atoms with E-state index >= 15 is 0 Å². The van der Waals surface area contributed by atoms with Gasteiger partial charge in [-0.25, -0.2) is 0 Å². The largest absolute Gasteiger partial charge is 0.290 e. The molecule has 1 heterocycles. The summed E-state index contributed by atoms with van der Waals surface area (Å²) >= 11 is 5.63. The van der Waals surface area contributed by atoms with Gasteiger partial charge in [-0.2, -0.15) is 9.78 Å². The summed E-state index contributed by atoms with van der Waals surface area (Å²) in [6.45, 7) is 0. The average molecular weight is 206 g/mol. The van der Waals surface area contributed by atoms with Gasteiger partial charge in [-0.1, -0.05) is 29.8 Å². The Bertz CT molecular complexity index is 493. The first-order chi connectivity index (χ1) is 6.79. The van der Waals surface area contributed by atoms with Crippen LogP contribution in [0.4, 0.5) is 0 Å². The first-order valence-electron chi connectivity index (χ1n) is 4.00. The van der Waals surface area contributed by atoms with Crippen LogP contribution in [0.15, 0.2) is 41.3 Å². The molecule has 0 amide bonds. The van der Waals surface area contributed by atoms with E-state index in [1.54, 1.807) is 12.1 Å². The number of halogens is 1. The maximum absolute atomic E-state index is 11.5. The Morgan fingerprint density at radius 3 is 2.71 bits per heavy atom. The number of nitrogens with zero attached hydrogens (tertiary/aromatic N) is 2. The Morgan fingerprint density at radius 1 is 1.29 bits per heavy atom. The van der Waals surface area contributed by atoms with Crippen LogP contribution >= 0.6 is 11.6 Å². The lowest BCUT2D eigenvalue weighted by molar-refractivity contribution is 0.806. The van der Waals surface area contributed by atoms with Gasteiger partial charge in [0.1, 0.15) is 5.02 Å². The first kappa shape index (κ1) is 8.97. The van der Waals surface area contributed by atoms with Crippen molar-refractivity contribution in [1.82, 2.24) is 9.78 Å². The fraction of sp³-hybridized carbons (Fsp3) is 0. The number of aromatic nitrogens is 2. The zero-order chi connectivity index (χ0) is 9.97. The molecule has 0 atom stereocenters. The van der Waals surface area contributed by atoms with Gasteiger partial charge in [0.15, 0.2) is 0 Å². The van der Waals surface area contributed by atoms with Crippen molar-refractivity contribution in [2.75, 3.05) is 0 Å². The van der Waals surface area contributed by atoms with Gasteiger partial charge in [-0.3, -0.25) is 4.79 Å². The van der Waals surface area contributed by atoms with E-state index in [4.69, 9.17) is 11.6 Å². The molecule has 1 radical (unpaired) electrons. The molecular formula is C10H6ClN2O. The number of hydrogen-bond acceptors (Lipinski definition) is 2. The van der Waals surface area contributed by atoms with Gasteiger partial charge in [-0.05, 0) is 12.1 Å². The monoisotopic (exact) mass is 205 g/mol. The molecule has 3 nitrogen and oxygen atoms in total. The molecule has 4 heteroatoms. The second-order valence-corrected chi connectivity index (χ2v) is 3.03. The van der Waals surface area contributed by atoms with Crippen molar-refractivity contribution in [2.45, 2.75) is 0 Å². The second-order valence-electron chi connectivity index (χ2n) is 2.66. The van der Waals surface area contributed by atoms with Crippen LogP contribution in [0.1, 0.15) is 0 Å². The van der Waals surface area contributed by atoms with Crippen molar-refractivity contribution in [3.05, 3.63) is 58.0 Å². The summed E-state index contributed by atoms with van der Waals surface area (Å²) in [5.41, 5.74) is 0.328. The first-order valence-corrected chi connectivity index (χ1v) is 4.38. The van der Waals surface area contributed by atoms with Crippen molar-refractivity contribution in [3.8, 4) is 5.69 Å². The predicted molar refractivity (Wildman–Crippen MR) is 53.7 cm³/mol. The summed E-state index contributed by atoms with van der Waals surface area (Å²) < 4.78 is 1.23. The third-order valence-corrected chi connectivity index (χ3v) is 2.02. The van der Waals surface area contributed by atoms with Gasteiger partial charge in [0.05, 0.1) is 11.9 Å². The lowest BCUT2D eigenvalue weighted by Gasteiger charge is -2.02. The Kier molecular flexibility index (Phi) is 2.33. The summed E-state index contributed by atoms with van der Waals surface area (Å²) in [7, 11) is 0. The highest BCUT2D eigenvalue weighted by atomic mass is 35.5. The number of benzene rings is 1. The fourth-order valence-electron chi connectivity index (χ4n) is 1.10. The number of rotatable bonds is 1. The second kappa shape index (κ2) is 3.64. The number of para-hydroxylation sites is 1. The molecule has 0 unspecified atom stereocenters. The molecule has 0 aliphatic carbocycles. The molecule has 0 aliphatic rings. The Morgan fingerprint density at radius 2 is 2.00 bits per heavy atom. The van der Waals surface area contributed by atoms with E-state index in [1.165, 1.54) is 10.9 Å². The quantitative estimate of drug-likeness (QED) is 0.710. The van der Waals surface area contributed by atoms with Crippen LogP contribution in [0, 0.1) is 6.07 Å². The van der Waals surface area contributed by atoms with Gasteiger partial charge in [0.25, 0.3) is 5.56 Å². The topological polar surface area (TPSA) is 34.9 Å². The van der Waals surface area contributed by atoms with E-state index in [0.29, 0.717) is 5.69 Å². The summed E-state index contributed by atoms with van der Waals surface area (Å²) in [6.07, 6.45) is 1.37. The minimum atomic E-state index is -0.361. The lowest BCUT2D eigenvalue weighted by Crippen LogP contribution is -2.20. The van der Waals surface area contributed by atoms with Gasteiger partial charge < -0.3 is 0 Å². The minimum Gasteiger partial charge on any atom is -0.266 e. The van der Waals surface area contributed by atoms with Crippen molar-refractivity contribution in [2.24, 2.45) is 0 Å². The zero-order valence-corrected chi connectivity index (χ0v) is 7.90.